The van der Waals surface area contributed by atoms with E-state index in [9.17, 15) is 0 Å². The van der Waals surface area contributed by atoms with Crippen LogP contribution in [0.3, 0.4) is 0 Å². The zero-order valence-electron chi connectivity index (χ0n) is 9.06. The standard InChI is InChI=1S/C9H19NO.O2S/c1-8(2)11-9-4-6-10(3)7-5-9;1-3-2/h8-9H,4-7H2,1-3H3;. The Morgan fingerprint density at radius 3 is 2.07 bits per heavy atom. The van der Waals surface area contributed by atoms with Gasteiger partial charge < -0.3 is 9.64 Å². The molecule has 1 heterocycles. The van der Waals surface area contributed by atoms with Gasteiger partial charge in [-0.1, -0.05) is 0 Å². The zero-order valence-corrected chi connectivity index (χ0v) is 9.88. The van der Waals surface area contributed by atoms with Gasteiger partial charge in [0.25, 0.3) is 0 Å². The topological polar surface area (TPSA) is 46.6 Å². The van der Waals surface area contributed by atoms with E-state index in [0.717, 1.165) is 0 Å². The minimum atomic E-state index is -0.750. The summed E-state index contributed by atoms with van der Waals surface area (Å²) in [7, 11) is 2.17. The van der Waals surface area contributed by atoms with Crippen LogP contribution in [-0.4, -0.2) is 45.7 Å². The van der Waals surface area contributed by atoms with E-state index < -0.39 is 11.6 Å². The molecule has 1 aliphatic heterocycles. The van der Waals surface area contributed by atoms with Crippen molar-refractivity contribution in [1.29, 1.82) is 0 Å². The van der Waals surface area contributed by atoms with Crippen molar-refractivity contribution in [2.24, 2.45) is 0 Å². The van der Waals surface area contributed by atoms with Gasteiger partial charge in [0.1, 0.15) is 0 Å². The lowest BCUT2D eigenvalue weighted by molar-refractivity contribution is -0.0232. The fraction of sp³-hybridized carbons (Fsp3) is 1.00. The Morgan fingerprint density at radius 1 is 1.29 bits per heavy atom. The summed E-state index contributed by atoms with van der Waals surface area (Å²) in [4.78, 5) is 2.36. The first-order chi connectivity index (χ1) is 6.60. The van der Waals surface area contributed by atoms with Crippen molar-refractivity contribution >= 4 is 11.6 Å². The van der Waals surface area contributed by atoms with Crippen LogP contribution in [0.2, 0.25) is 0 Å². The van der Waals surface area contributed by atoms with Gasteiger partial charge in [-0.25, -0.2) is 0 Å². The van der Waals surface area contributed by atoms with Gasteiger partial charge in [-0.2, -0.15) is 8.42 Å². The van der Waals surface area contributed by atoms with E-state index in [1.807, 2.05) is 0 Å². The molecule has 84 valence electrons. The molecule has 0 unspecified atom stereocenters. The predicted molar refractivity (Wildman–Crippen MR) is 55.7 cm³/mol. The second kappa shape index (κ2) is 8.08. The van der Waals surface area contributed by atoms with Crippen LogP contribution in [-0.2, 0) is 16.3 Å². The number of likely N-dealkylation sites (tertiary alicyclic amines) is 1. The van der Waals surface area contributed by atoms with Crippen molar-refractivity contribution in [2.75, 3.05) is 20.1 Å². The molecule has 0 radical (unpaired) electrons. The summed E-state index contributed by atoms with van der Waals surface area (Å²) in [6, 6.07) is 0. The van der Waals surface area contributed by atoms with E-state index in [-0.39, 0.29) is 0 Å². The van der Waals surface area contributed by atoms with Crippen LogP contribution in [0, 0.1) is 0 Å². The number of nitrogens with zero attached hydrogens (tertiary/aromatic N) is 1. The maximum Gasteiger partial charge on any atom is 0.335 e. The van der Waals surface area contributed by atoms with Crippen molar-refractivity contribution in [3.05, 3.63) is 0 Å². The average molecular weight is 221 g/mol. The van der Waals surface area contributed by atoms with Crippen LogP contribution >= 0.6 is 0 Å². The average Bonchev–Trinajstić information content (AvgIpc) is 2.09. The van der Waals surface area contributed by atoms with Crippen molar-refractivity contribution in [3.63, 3.8) is 0 Å². The van der Waals surface area contributed by atoms with E-state index in [4.69, 9.17) is 13.2 Å². The van der Waals surface area contributed by atoms with Crippen LogP contribution in [0.25, 0.3) is 0 Å². The van der Waals surface area contributed by atoms with Crippen LogP contribution in [0.5, 0.6) is 0 Å². The molecule has 0 aromatic rings. The number of hydrogen-bond donors (Lipinski definition) is 0. The summed E-state index contributed by atoms with van der Waals surface area (Å²) < 4.78 is 22.3. The molecule has 5 heteroatoms. The fourth-order valence-electron chi connectivity index (χ4n) is 1.51. The molecule has 0 aromatic carbocycles. The Kier molecular flexibility index (Phi) is 7.93. The van der Waals surface area contributed by atoms with Gasteiger partial charge in [-0.15, -0.1) is 0 Å². The van der Waals surface area contributed by atoms with E-state index in [1.165, 1.54) is 25.9 Å². The van der Waals surface area contributed by atoms with E-state index in [1.54, 1.807) is 0 Å². The smallest absolute Gasteiger partial charge is 0.335 e. The summed E-state index contributed by atoms with van der Waals surface area (Å²) >= 11 is -0.750. The molecule has 0 aromatic heterocycles. The first kappa shape index (κ1) is 13.7. The lowest BCUT2D eigenvalue weighted by Gasteiger charge is -2.30. The first-order valence-corrected chi connectivity index (χ1v) is 5.52. The second-order valence-corrected chi connectivity index (χ2v) is 3.89. The normalized spacial score (nSPS) is 18.9. The van der Waals surface area contributed by atoms with E-state index in [2.05, 4.69) is 25.8 Å². The highest BCUT2D eigenvalue weighted by atomic mass is 32.1. The molecular weight excluding hydrogens is 202 g/mol. The molecule has 0 amide bonds. The third-order valence-corrected chi connectivity index (χ3v) is 2.13. The predicted octanol–water partition coefficient (Wildman–Crippen LogP) is 0.835. The van der Waals surface area contributed by atoms with Gasteiger partial charge in [0.05, 0.1) is 12.2 Å². The summed E-state index contributed by atoms with van der Waals surface area (Å²) in [5.41, 5.74) is 0. The van der Waals surface area contributed by atoms with Gasteiger partial charge >= 0.3 is 11.6 Å². The highest BCUT2D eigenvalue weighted by molar-refractivity contribution is 7.51. The van der Waals surface area contributed by atoms with Gasteiger partial charge in [-0.05, 0) is 33.7 Å². The van der Waals surface area contributed by atoms with Crippen LogP contribution in [0.1, 0.15) is 26.7 Å². The van der Waals surface area contributed by atoms with E-state index >= 15 is 0 Å². The summed E-state index contributed by atoms with van der Waals surface area (Å²) in [6.07, 6.45) is 3.32. The summed E-state index contributed by atoms with van der Waals surface area (Å²) in [5.74, 6) is 0. The maximum absolute atomic E-state index is 8.29. The number of rotatable bonds is 2. The molecule has 0 spiro atoms. The van der Waals surface area contributed by atoms with Crippen LogP contribution < -0.4 is 0 Å². The van der Waals surface area contributed by atoms with Crippen LogP contribution in [0.4, 0.5) is 0 Å². The first-order valence-electron chi connectivity index (χ1n) is 4.86. The van der Waals surface area contributed by atoms with Crippen molar-refractivity contribution in [1.82, 2.24) is 4.90 Å². The summed E-state index contributed by atoms with van der Waals surface area (Å²) in [6.45, 7) is 6.60. The van der Waals surface area contributed by atoms with Crippen molar-refractivity contribution < 1.29 is 13.2 Å². The quantitative estimate of drug-likeness (QED) is 0.693. The SMILES string of the molecule is CC(C)OC1CCN(C)CC1.O=S=O. The Hall–Kier alpha value is -0.260. The molecule has 1 fully saturated rings. The molecule has 0 aliphatic carbocycles. The third-order valence-electron chi connectivity index (χ3n) is 2.13. The summed E-state index contributed by atoms with van der Waals surface area (Å²) in [5, 5.41) is 0. The minimum absolute atomic E-state index is 0.392. The van der Waals surface area contributed by atoms with Gasteiger partial charge in [0.2, 0.25) is 0 Å². The molecule has 1 saturated heterocycles. The highest BCUT2D eigenvalue weighted by Gasteiger charge is 2.17. The molecule has 1 aliphatic rings. The van der Waals surface area contributed by atoms with E-state index in [0.29, 0.717) is 12.2 Å². The molecule has 1 rings (SSSR count). The van der Waals surface area contributed by atoms with Crippen molar-refractivity contribution in [3.8, 4) is 0 Å². The number of piperidine rings is 1. The zero-order chi connectivity index (χ0) is 11.0. The minimum Gasteiger partial charge on any atom is -0.375 e. The molecule has 0 atom stereocenters. The molecule has 0 N–H and O–H groups in total. The van der Waals surface area contributed by atoms with Gasteiger partial charge in [0, 0.05) is 13.1 Å². The molecular formula is C9H19NO3S. The second-order valence-electron chi connectivity index (χ2n) is 3.76. The third kappa shape index (κ3) is 7.17. The largest absolute Gasteiger partial charge is 0.375 e. The Bertz CT molecular complexity index is 173. The molecule has 14 heavy (non-hydrogen) atoms. The monoisotopic (exact) mass is 221 g/mol. The maximum atomic E-state index is 8.29. The Morgan fingerprint density at radius 2 is 1.71 bits per heavy atom. The molecule has 0 bridgehead atoms. The van der Waals surface area contributed by atoms with Gasteiger partial charge in [0.15, 0.2) is 0 Å². The van der Waals surface area contributed by atoms with Gasteiger partial charge in [-0.3, -0.25) is 0 Å². The molecule has 4 nitrogen and oxygen atoms in total. The van der Waals surface area contributed by atoms with Crippen LogP contribution in [0.15, 0.2) is 0 Å². The lowest BCUT2D eigenvalue weighted by Crippen LogP contribution is -2.35. The Labute approximate surface area is 89.2 Å². The Balaban J connectivity index is 0.000000500. The number of ether oxygens (including phenoxy) is 1. The highest BCUT2D eigenvalue weighted by Crippen LogP contribution is 2.13. The molecule has 0 saturated carbocycles. The van der Waals surface area contributed by atoms with Crippen molar-refractivity contribution in [2.45, 2.75) is 38.9 Å². The lowest BCUT2D eigenvalue weighted by atomic mass is 10.1. The fourth-order valence-corrected chi connectivity index (χ4v) is 1.51. The number of hydrogen-bond acceptors (Lipinski definition) is 4.